The van der Waals surface area contributed by atoms with Crippen molar-refractivity contribution in [2.45, 2.75) is 69.4 Å². The molecule has 258 valence electrons. The Bertz CT molecular complexity index is 1840. The maximum Gasteiger partial charge on any atom is 0.282 e. The summed E-state index contributed by atoms with van der Waals surface area (Å²) in [5.74, 6) is -3.19. The number of aromatic amines is 1. The molecule has 4 heterocycles. The van der Waals surface area contributed by atoms with Crippen molar-refractivity contribution in [2.75, 3.05) is 26.2 Å². The predicted octanol–water partition coefficient (Wildman–Crippen LogP) is 6.86. The van der Waals surface area contributed by atoms with Gasteiger partial charge in [-0.1, -0.05) is 111 Å². The number of hydrogen-bond acceptors (Lipinski definition) is 6. The number of H-pyrrole nitrogens is 1. The van der Waals surface area contributed by atoms with Gasteiger partial charge in [-0.3, -0.25) is 4.90 Å². The second-order valence-electron chi connectivity index (χ2n) is 14.4. The molecule has 2 aromatic heterocycles. The van der Waals surface area contributed by atoms with E-state index in [1.807, 2.05) is 90.7 Å². The van der Waals surface area contributed by atoms with E-state index in [0.29, 0.717) is 18.2 Å². The highest BCUT2D eigenvalue weighted by Crippen LogP contribution is 2.45. The Kier molecular flexibility index (Phi) is 9.25. The number of ether oxygens (including phenoxy) is 1. The van der Waals surface area contributed by atoms with Crippen LogP contribution in [0.4, 0.5) is 13.2 Å². The van der Waals surface area contributed by atoms with Gasteiger partial charge in [-0.15, -0.1) is 0 Å². The maximum atomic E-state index is 16.7. The van der Waals surface area contributed by atoms with Crippen LogP contribution in [0.1, 0.15) is 49.9 Å². The minimum absolute atomic E-state index is 0.212. The summed E-state index contributed by atoms with van der Waals surface area (Å²) in [6, 6.07) is 27.1. The number of hydrogen-bond donors (Lipinski definition) is 2. The van der Waals surface area contributed by atoms with Crippen LogP contribution in [0.15, 0.2) is 91.1 Å². The van der Waals surface area contributed by atoms with E-state index in [2.05, 4.69) is 42.1 Å². The Hall–Kier alpha value is -3.48. The van der Waals surface area contributed by atoms with Crippen LogP contribution < -0.4 is 20.4 Å². The molecule has 1 saturated heterocycles. The van der Waals surface area contributed by atoms with Crippen LogP contribution in [0.2, 0.25) is 5.04 Å². The van der Waals surface area contributed by atoms with Crippen molar-refractivity contribution in [3.05, 3.63) is 107 Å². The smallest absolute Gasteiger partial charge is 0.282 e. The molecule has 49 heavy (non-hydrogen) atoms. The fourth-order valence-electron chi connectivity index (χ4n) is 7.67. The van der Waals surface area contributed by atoms with Gasteiger partial charge in [0.1, 0.15) is 6.10 Å². The van der Waals surface area contributed by atoms with Gasteiger partial charge in [0.25, 0.3) is 19.4 Å². The third kappa shape index (κ3) is 6.47. The van der Waals surface area contributed by atoms with E-state index < -0.39 is 50.7 Å². The molecule has 6 nitrogen and oxygen atoms in total. The molecule has 0 saturated carbocycles. The number of nitrogens with zero attached hydrogens (tertiary/aromatic N) is 2. The molecular formula is C38H43F3N4O2SSi. The van der Waals surface area contributed by atoms with Crippen molar-refractivity contribution in [3.63, 3.8) is 0 Å². The summed E-state index contributed by atoms with van der Waals surface area (Å²) in [4.78, 5) is 10.7. The summed E-state index contributed by atoms with van der Waals surface area (Å²) >= 11 is 1.29. The molecule has 0 unspecified atom stereocenters. The number of rotatable bonds is 10. The van der Waals surface area contributed by atoms with Crippen LogP contribution in [0, 0.1) is 0 Å². The van der Waals surface area contributed by atoms with Crippen molar-refractivity contribution in [3.8, 4) is 5.19 Å². The molecule has 4 atom stereocenters. The molecule has 1 fully saturated rings. The third-order valence-electron chi connectivity index (χ3n) is 9.96. The highest BCUT2D eigenvalue weighted by atomic mass is 32.1. The van der Waals surface area contributed by atoms with Crippen molar-refractivity contribution in [1.29, 1.82) is 0 Å². The predicted molar refractivity (Wildman–Crippen MR) is 193 cm³/mol. The fourth-order valence-corrected chi connectivity index (χ4v) is 13.2. The lowest BCUT2D eigenvalue weighted by Crippen LogP contribution is -2.67. The highest BCUT2D eigenvalue weighted by Gasteiger charge is 2.52. The monoisotopic (exact) mass is 704 g/mol. The van der Waals surface area contributed by atoms with E-state index >= 15 is 8.78 Å². The van der Waals surface area contributed by atoms with Crippen LogP contribution in [0.3, 0.4) is 0 Å². The Labute approximate surface area is 290 Å². The van der Waals surface area contributed by atoms with Crippen LogP contribution >= 0.6 is 11.3 Å². The Balaban J connectivity index is 1.23. The van der Waals surface area contributed by atoms with Crippen molar-refractivity contribution in [2.24, 2.45) is 0 Å². The topological polar surface area (TPSA) is 62.4 Å². The van der Waals surface area contributed by atoms with Gasteiger partial charge in [0.2, 0.25) is 0 Å². The molecule has 0 spiro atoms. The number of halogens is 3. The number of benzene rings is 3. The maximum absolute atomic E-state index is 16.7. The molecule has 0 radical (unpaired) electrons. The molecule has 3 aromatic carbocycles. The molecule has 0 bridgehead atoms. The molecule has 2 N–H and O–H groups in total. The third-order valence-corrected chi connectivity index (χ3v) is 15.9. The number of nitrogens with one attached hydrogen (secondary N) is 2. The van der Waals surface area contributed by atoms with Crippen LogP contribution in [0.5, 0.6) is 5.19 Å². The minimum Gasteiger partial charge on any atom is -0.462 e. The van der Waals surface area contributed by atoms with Gasteiger partial charge < -0.3 is 19.5 Å². The van der Waals surface area contributed by atoms with Crippen molar-refractivity contribution >= 4 is 40.9 Å². The van der Waals surface area contributed by atoms with E-state index in [0.717, 1.165) is 37.4 Å². The SMILES string of the molecule is C[C@@H]1Cc2c([nH]c3ccccc23)[C@@H](c2cnc(O[C@H]3CNC[C@H]3F)s2)N1CC(F)(F)CO[Si](c1ccccc1)(c1ccccc1)C(C)(C)C. The summed E-state index contributed by atoms with van der Waals surface area (Å²) < 4.78 is 60.4. The molecule has 0 amide bonds. The van der Waals surface area contributed by atoms with Gasteiger partial charge in [-0.25, -0.2) is 18.2 Å². The lowest BCUT2D eigenvalue weighted by Gasteiger charge is -2.45. The first-order valence-electron chi connectivity index (χ1n) is 16.9. The van der Waals surface area contributed by atoms with Gasteiger partial charge in [-0.05, 0) is 40.4 Å². The number of para-hydroxylation sites is 1. The molecular weight excluding hydrogens is 662 g/mol. The minimum atomic E-state index is -3.19. The lowest BCUT2D eigenvalue weighted by atomic mass is 9.91. The molecule has 2 aliphatic rings. The van der Waals surface area contributed by atoms with E-state index in [1.165, 1.54) is 11.3 Å². The molecule has 7 rings (SSSR count). The summed E-state index contributed by atoms with van der Waals surface area (Å²) in [5.41, 5.74) is 2.96. The Morgan fingerprint density at radius 1 is 0.939 bits per heavy atom. The van der Waals surface area contributed by atoms with E-state index in [-0.39, 0.29) is 12.6 Å². The van der Waals surface area contributed by atoms with Crippen LogP contribution in [-0.4, -0.2) is 73.7 Å². The van der Waals surface area contributed by atoms with E-state index in [4.69, 9.17) is 9.16 Å². The first-order valence-corrected chi connectivity index (χ1v) is 19.6. The van der Waals surface area contributed by atoms with Crippen molar-refractivity contribution < 1.29 is 22.3 Å². The zero-order valence-corrected chi connectivity index (χ0v) is 30.1. The van der Waals surface area contributed by atoms with Crippen LogP contribution in [0.25, 0.3) is 10.9 Å². The van der Waals surface area contributed by atoms with E-state index in [1.54, 1.807) is 6.20 Å². The zero-order chi connectivity index (χ0) is 34.4. The number of aromatic nitrogens is 2. The summed E-state index contributed by atoms with van der Waals surface area (Å²) in [6.07, 6.45) is 0.540. The van der Waals surface area contributed by atoms with Gasteiger partial charge in [0.15, 0.2) is 6.17 Å². The molecule has 5 aromatic rings. The second kappa shape index (κ2) is 13.3. The van der Waals surface area contributed by atoms with Gasteiger partial charge in [-0.2, -0.15) is 0 Å². The number of alkyl halides is 3. The molecule has 2 aliphatic heterocycles. The normalized spacial score (nSPS) is 22.0. The Morgan fingerprint density at radius 3 is 2.22 bits per heavy atom. The zero-order valence-electron chi connectivity index (χ0n) is 28.3. The first kappa shape index (κ1) is 34.0. The Morgan fingerprint density at radius 2 is 1.59 bits per heavy atom. The average Bonchev–Trinajstić information content (AvgIpc) is 3.81. The lowest BCUT2D eigenvalue weighted by molar-refractivity contribution is -0.0818. The highest BCUT2D eigenvalue weighted by molar-refractivity contribution is 7.13. The van der Waals surface area contributed by atoms with E-state index in [9.17, 15) is 4.39 Å². The number of thiazole rings is 1. The summed E-state index contributed by atoms with van der Waals surface area (Å²) in [6.45, 7) is 7.67. The van der Waals surface area contributed by atoms with Gasteiger partial charge >= 0.3 is 0 Å². The molecule has 11 heteroatoms. The quantitative estimate of drug-likeness (QED) is 0.156. The second-order valence-corrected chi connectivity index (χ2v) is 19.7. The average molecular weight is 705 g/mol. The molecule has 0 aliphatic carbocycles. The summed E-state index contributed by atoms with van der Waals surface area (Å²) in [7, 11) is -3.19. The van der Waals surface area contributed by atoms with Gasteiger partial charge in [0, 0.05) is 41.9 Å². The van der Waals surface area contributed by atoms with Crippen molar-refractivity contribution in [1.82, 2.24) is 20.2 Å². The summed E-state index contributed by atoms with van der Waals surface area (Å²) in [5, 5.41) is 5.92. The largest absolute Gasteiger partial charge is 0.462 e. The van der Waals surface area contributed by atoms with Gasteiger partial charge in [0.05, 0.1) is 24.1 Å². The van der Waals surface area contributed by atoms with Crippen LogP contribution in [-0.2, 0) is 10.8 Å². The standard InChI is InChI=1S/C38H43F3N4O2SSi/c1-25-19-29-28-17-11-12-18-31(28)44-34(29)35(33-22-43-36(48-33)47-32-21-42-20-30(32)39)45(25)23-38(40,41)24-46-49(37(2,3)4,26-13-7-5-8-14-26)27-15-9-6-10-16-27/h5-18,22,25,30,32,35,42,44H,19-21,23-24H2,1-4H3/t25-,30-,32+,35-/m1/s1. The first-order chi connectivity index (χ1) is 23.5. The number of fused-ring (bicyclic) bond motifs is 3. The fraction of sp³-hybridized carbons (Fsp3) is 0.395.